The van der Waals surface area contributed by atoms with E-state index in [2.05, 4.69) is 0 Å². The average molecular weight is 184 g/mol. The lowest BCUT2D eigenvalue weighted by Gasteiger charge is -1.88. The first-order valence-corrected chi connectivity index (χ1v) is 3.92. The Morgan fingerprint density at radius 1 is 0.923 bits per heavy atom. The molecule has 0 fully saturated rings. The van der Waals surface area contributed by atoms with Gasteiger partial charge in [-0.1, -0.05) is 12.2 Å². The van der Waals surface area contributed by atoms with E-state index in [0.717, 1.165) is 18.6 Å². The zero-order valence-electron chi connectivity index (χ0n) is 7.14. The number of carbonyl (C=O) groups is 2. The van der Waals surface area contributed by atoms with Crippen LogP contribution in [0.4, 0.5) is 0 Å². The molecule has 4 nitrogen and oxygen atoms in total. The van der Waals surface area contributed by atoms with Gasteiger partial charge in [0.15, 0.2) is 0 Å². The first-order chi connectivity index (χ1) is 6.13. The van der Waals surface area contributed by atoms with Crippen LogP contribution in [-0.4, -0.2) is 22.2 Å². The summed E-state index contributed by atoms with van der Waals surface area (Å²) in [5, 5.41) is 16.4. The van der Waals surface area contributed by atoms with Gasteiger partial charge in [0.2, 0.25) is 0 Å². The molecule has 72 valence electrons. The molecule has 0 saturated heterocycles. The molecule has 0 saturated carbocycles. The fraction of sp³-hybridized carbons (Fsp3) is 0.333. The van der Waals surface area contributed by atoms with Crippen LogP contribution in [0.15, 0.2) is 24.3 Å². The van der Waals surface area contributed by atoms with E-state index in [1.165, 1.54) is 0 Å². The van der Waals surface area contributed by atoms with Gasteiger partial charge in [-0.25, -0.2) is 9.59 Å². The van der Waals surface area contributed by atoms with Crippen LogP contribution in [0, 0.1) is 0 Å². The molecule has 0 unspecified atom stereocenters. The number of hydrogen-bond donors (Lipinski definition) is 2. The maximum Gasteiger partial charge on any atom is 0.327 e. The molecule has 4 heteroatoms. The SMILES string of the molecule is O=C(O)/C=C/CCC/C=C/C(=O)O. The molecule has 0 aliphatic rings. The van der Waals surface area contributed by atoms with Crippen molar-refractivity contribution in [2.24, 2.45) is 0 Å². The Morgan fingerprint density at radius 3 is 1.62 bits per heavy atom. The highest BCUT2D eigenvalue weighted by Crippen LogP contribution is 1.97. The standard InChI is InChI=1S/C9H12O4/c10-8(11)6-4-2-1-3-5-7-9(12)13/h4-7H,1-3H2,(H,10,11)(H,12,13)/b6-4+,7-5+. The van der Waals surface area contributed by atoms with E-state index in [9.17, 15) is 9.59 Å². The quantitative estimate of drug-likeness (QED) is 0.483. The summed E-state index contributed by atoms with van der Waals surface area (Å²) in [5.41, 5.74) is 0. The van der Waals surface area contributed by atoms with Crippen LogP contribution < -0.4 is 0 Å². The van der Waals surface area contributed by atoms with Crippen LogP contribution in [-0.2, 0) is 9.59 Å². The second kappa shape index (κ2) is 7.09. The molecule has 0 bridgehead atoms. The zero-order chi connectivity index (χ0) is 10.1. The molecule has 0 aliphatic heterocycles. The fourth-order valence-electron chi connectivity index (χ4n) is 0.722. The molecule has 0 aliphatic carbocycles. The van der Waals surface area contributed by atoms with Crippen molar-refractivity contribution in [1.29, 1.82) is 0 Å². The van der Waals surface area contributed by atoms with E-state index in [4.69, 9.17) is 10.2 Å². The number of carboxylic acids is 2. The summed E-state index contributed by atoms with van der Waals surface area (Å²) in [4.78, 5) is 20.0. The number of allylic oxidation sites excluding steroid dienone is 2. The van der Waals surface area contributed by atoms with Crippen molar-refractivity contribution in [3.63, 3.8) is 0 Å². The molecular formula is C9H12O4. The summed E-state index contributed by atoms with van der Waals surface area (Å²) in [5.74, 6) is -1.91. The van der Waals surface area contributed by atoms with Gasteiger partial charge in [-0.05, 0) is 19.3 Å². The lowest BCUT2D eigenvalue weighted by atomic mass is 10.2. The molecule has 13 heavy (non-hydrogen) atoms. The van der Waals surface area contributed by atoms with Crippen molar-refractivity contribution in [1.82, 2.24) is 0 Å². The van der Waals surface area contributed by atoms with Gasteiger partial charge >= 0.3 is 11.9 Å². The van der Waals surface area contributed by atoms with E-state index in [-0.39, 0.29) is 0 Å². The average Bonchev–Trinajstić information content (AvgIpc) is 2.01. The molecule has 0 rings (SSSR count). The Morgan fingerprint density at radius 2 is 1.31 bits per heavy atom. The van der Waals surface area contributed by atoms with Gasteiger partial charge in [0.1, 0.15) is 0 Å². The minimum atomic E-state index is -0.957. The van der Waals surface area contributed by atoms with E-state index in [0.29, 0.717) is 12.8 Å². The second-order valence-corrected chi connectivity index (χ2v) is 2.41. The van der Waals surface area contributed by atoms with Gasteiger partial charge in [-0.3, -0.25) is 0 Å². The minimum Gasteiger partial charge on any atom is -0.478 e. The Bertz CT molecular complexity index is 204. The van der Waals surface area contributed by atoms with Gasteiger partial charge in [0, 0.05) is 12.2 Å². The predicted molar refractivity (Wildman–Crippen MR) is 47.4 cm³/mol. The smallest absolute Gasteiger partial charge is 0.327 e. The highest BCUT2D eigenvalue weighted by atomic mass is 16.4. The Hall–Kier alpha value is -1.58. The monoisotopic (exact) mass is 184 g/mol. The van der Waals surface area contributed by atoms with Crippen molar-refractivity contribution < 1.29 is 19.8 Å². The van der Waals surface area contributed by atoms with E-state index in [1.807, 2.05) is 0 Å². The normalized spacial score (nSPS) is 11.1. The van der Waals surface area contributed by atoms with Crippen molar-refractivity contribution in [2.75, 3.05) is 0 Å². The summed E-state index contributed by atoms with van der Waals surface area (Å²) in [6.07, 6.45) is 7.33. The van der Waals surface area contributed by atoms with Crippen LogP contribution in [0.2, 0.25) is 0 Å². The lowest BCUT2D eigenvalue weighted by Crippen LogP contribution is -1.86. The first-order valence-electron chi connectivity index (χ1n) is 3.92. The molecular weight excluding hydrogens is 172 g/mol. The van der Waals surface area contributed by atoms with Crippen LogP contribution in [0.1, 0.15) is 19.3 Å². The maximum absolute atomic E-state index is 10.00. The molecule has 0 heterocycles. The Labute approximate surface area is 76.2 Å². The molecule has 0 aromatic heterocycles. The van der Waals surface area contributed by atoms with Gasteiger partial charge < -0.3 is 10.2 Å². The molecule has 0 aromatic carbocycles. The summed E-state index contributed by atoms with van der Waals surface area (Å²) in [7, 11) is 0. The number of unbranched alkanes of at least 4 members (excludes halogenated alkanes) is 2. The van der Waals surface area contributed by atoms with Gasteiger partial charge in [0.25, 0.3) is 0 Å². The topological polar surface area (TPSA) is 74.6 Å². The van der Waals surface area contributed by atoms with Crippen LogP contribution in [0.3, 0.4) is 0 Å². The van der Waals surface area contributed by atoms with Crippen LogP contribution in [0.25, 0.3) is 0 Å². The second-order valence-electron chi connectivity index (χ2n) is 2.41. The summed E-state index contributed by atoms with van der Waals surface area (Å²) >= 11 is 0. The molecule has 0 atom stereocenters. The van der Waals surface area contributed by atoms with Crippen molar-refractivity contribution in [2.45, 2.75) is 19.3 Å². The predicted octanol–water partition coefficient (Wildman–Crippen LogP) is 1.44. The van der Waals surface area contributed by atoms with Crippen molar-refractivity contribution in [3.05, 3.63) is 24.3 Å². The largest absolute Gasteiger partial charge is 0.478 e. The maximum atomic E-state index is 10.00. The summed E-state index contributed by atoms with van der Waals surface area (Å²) in [6.45, 7) is 0. The summed E-state index contributed by atoms with van der Waals surface area (Å²) < 4.78 is 0. The highest BCUT2D eigenvalue weighted by molar-refractivity contribution is 5.80. The molecule has 0 amide bonds. The fourth-order valence-corrected chi connectivity index (χ4v) is 0.722. The van der Waals surface area contributed by atoms with Gasteiger partial charge in [-0.15, -0.1) is 0 Å². The third kappa shape index (κ3) is 10.4. The third-order valence-corrected chi connectivity index (χ3v) is 1.26. The number of aliphatic carboxylic acids is 2. The highest BCUT2D eigenvalue weighted by Gasteiger charge is 1.86. The number of carboxylic acid groups (broad SMARTS) is 2. The molecule has 0 aromatic rings. The molecule has 2 N–H and O–H groups in total. The van der Waals surface area contributed by atoms with Crippen molar-refractivity contribution in [3.8, 4) is 0 Å². The van der Waals surface area contributed by atoms with E-state index in [1.54, 1.807) is 12.2 Å². The van der Waals surface area contributed by atoms with Gasteiger partial charge in [0.05, 0.1) is 0 Å². The van der Waals surface area contributed by atoms with Crippen LogP contribution >= 0.6 is 0 Å². The Kier molecular flexibility index (Phi) is 6.23. The minimum absolute atomic E-state index is 0.649. The molecule has 0 radical (unpaired) electrons. The third-order valence-electron chi connectivity index (χ3n) is 1.26. The van der Waals surface area contributed by atoms with E-state index >= 15 is 0 Å². The van der Waals surface area contributed by atoms with Crippen LogP contribution in [0.5, 0.6) is 0 Å². The first kappa shape index (κ1) is 11.4. The number of rotatable bonds is 6. The number of hydrogen-bond acceptors (Lipinski definition) is 2. The van der Waals surface area contributed by atoms with Gasteiger partial charge in [-0.2, -0.15) is 0 Å². The summed E-state index contributed by atoms with van der Waals surface area (Å²) in [6, 6.07) is 0. The molecule has 0 spiro atoms. The lowest BCUT2D eigenvalue weighted by molar-refractivity contribution is -0.132. The zero-order valence-corrected chi connectivity index (χ0v) is 7.14. The van der Waals surface area contributed by atoms with E-state index < -0.39 is 11.9 Å². The van der Waals surface area contributed by atoms with Crippen molar-refractivity contribution >= 4 is 11.9 Å². The Balaban J connectivity index is 3.36.